The van der Waals surface area contributed by atoms with Gasteiger partial charge >= 0.3 is 37.7 Å². The first-order valence-corrected chi connectivity index (χ1v) is 3.51. The molecule has 2 nitrogen and oxygen atoms in total. The smallest absolute Gasteiger partial charge is 0.550 e. The van der Waals surface area contributed by atoms with E-state index in [-0.39, 0.29) is 43.7 Å². The number of hydrogen-bond acceptors (Lipinski definition) is 2. The van der Waals surface area contributed by atoms with Crippen LogP contribution in [0.15, 0.2) is 0 Å². The number of carbonyl (C=O) groups is 1. The van der Waals surface area contributed by atoms with Crippen molar-refractivity contribution in [1.82, 2.24) is 0 Å². The topological polar surface area (TPSA) is 40.1 Å². The third kappa shape index (κ3) is 3.22. The van der Waals surface area contributed by atoms with E-state index in [4.69, 9.17) is 0 Å². The molecule has 1 saturated carbocycles. The standard InChI is InChI=1S/C7H12O2.Ca/c8-7(9)6-4-2-1-3-5-6;/h6H,1-5H2,(H,8,9);/q;+2/p-1. The molecule has 0 aliphatic heterocycles. The van der Waals surface area contributed by atoms with Crippen LogP contribution in [0.2, 0.25) is 0 Å². The van der Waals surface area contributed by atoms with E-state index in [1.807, 2.05) is 0 Å². The van der Waals surface area contributed by atoms with E-state index in [0.29, 0.717) is 0 Å². The van der Waals surface area contributed by atoms with Gasteiger partial charge in [-0.3, -0.25) is 0 Å². The van der Waals surface area contributed by atoms with E-state index in [1.165, 1.54) is 6.42 Å². The summed E-state index contributed by atoms with van der Waals surface area (Å²) in [6, 6.07) is 0. The molecular formula is C7H11CaO2+. The summed E-state index contributed by atoms with van der Waals surface area (Å²) in [5.74, 6) is -0.992. The zero-order valence-electron chi connectivity index (χ0n) is 6.14. The van der Waals surface area contributed by atoms with E-state index in [2.05, 4.69) is 0 Å². The first-order valence-electron chi connectivity index (χ1n) is 3.51. The van der Waals surface area contributed by atoms with Gasteiger partial charge in [-0.2, -0.15) is 0 Å². The SMILES string of the molecule is O=C([O-])C1CCCCC1.[Ca+2]. The Kier molecular flexibility index (Phi) is 5.78. The van der Waals surface area contributed by atoms with Crippen LogP contribution in [0.5, 0.6) is 0 Å². The molecule has 0 heterocycles. The Morgan fingerprint density at radius 2 is 1.70 bits per heavy atom. The quantitative estimate of drug-likeness (QED) is 0.513. The van der Waals surface area contributed by atoms with Gasteiger partial charge < -0.3 is 9.90 Å². The van der Waals surface area contributed by atoms with Crippen LogP contribution in [0.25, 0.3) is 0 Å². The van der Waals surface area contributed by atoms with E-state index in [0.717, 1.165) is 25.7 Å². The molecule has 1 fully saturated rings. The second kappa shape index (κ2) is 5.39. The van der Waals surface area contributed by atoms with Crippen LogP contribution in [-0.4, -0.2) is 43.7 Å². The maximum atomic E-state index is 10.2. The minimum Gasteiger partial charge on any atom is -0.550 e. The molecule has 3 heteroatoms. The van der Waals surface area contributed by atoms with Crippen molar-refractivity contribution in [2.24, 2.45) is 5.92 Å². The zero-order valence-corrected chi connectivity index (χ0v) is 8.34. The van der Waals surface area contributed by atoms with Crippen molar-refractivity contribution in [2.45, 2.75) is 32.1 Å². The average molecular weight is 167 g/mol. The number of hydrogen-bond donors (Lipinski definition) is 0. The van der Waals surface area contributed by atoms with Gasteiger partial charge in [0, 0.05) is 5.97 Å². The van der Waals surface area contributed by atoms with Crippen LogP contribution in [0, 0.1) is 5.92 Å². The van der Waals surface area contributed by atoms with Gasteiger partial charge in [-0.25, -0.2) is 0 Å². The van der Waals surface area contributed by atoms with Crippen molar-refractivity contribution in [3.63, 3.8) is 0 Å². The second-order valence-corrected chi connectivity index (χ2v) is 2.65. The fourth-order valence-corrected chi connectivity index (χ4v) is 1.34. The summed E-state index contributed by atoms with van der Waals surface area (Å²) in [4.78, 5) is 10.2. The predicted octanol–water partition coefficient (Wildman–Crippen LogP) is -0.0642. The largest absolute Gasteiger partial charge is 2.00 e. The monoisotopic (exact) mass is 167 g/mol. The molecule has 0 bridgehead atoms. The fourth-order valence-electron chi connectivity index (χ4n) is 1.34. The summed E-state index contributed by atoms with van der Waals surface area (Å²) >= 11 is 0. The van der Waals surface area contributed by atoms with Crippen LogP contribution in [0.3, 0.4) is 0 Å². The summed E-state index contributed by atoms with van der Waals surface area (Å²) < 4.78 is 0. The van der Waals surface area contributed by atoms with Crippen LogP contribution >= 0.6 is 0 Å². The average Bonchev–Trinajstić information content (AvgIpc) is 1.90. The van der Waals surface area contributed by atoms with Crippen molar-refractivity contribution < 1.29 is 9.90 Å². The third-order valence-electron chi connectivity index (χ3n) is 1.94. The number of rotatable bonds is 1. The normalized spacial score (nSPS) is 19.6. The van der Waals surface area contributed by atoms with Crippen LogP contribution in [0.4, 0.5) is 0 Å². The second-order valence-electron chi connectivity index (χ2n) is 2.65. The molecule has 0 spiro atoms. The Hall–Kier alpha value is 0.730. The molecule has 1 aliphatic carbocycles. The van der Waals surface area contributed by atoms with Gasteiger partial charge in [0.2, 0.25) is 0 Å². The third-order valence-corrected chi connectivity index (χ3v) is 1.94. The van der Waals surface area contributed by atoms with Gasteiger partial charge in [-0.05, 0) is 18.8 Å². The van der Waals surface area contributed by atoms with Gasteiger partial charge in [0.25, 0.3) is 0 Å². The van der Waals surface area contributed by atoms with Gasteiger partial charge in [-0.15, -0.1) is 0 Å². The summed E-state index contributed by atoms with van der Waals surface area (Å²) in [6.45, 7) is 0. The number of carboxylic acids is 1. The Balaban J connectivity index is 0.000000810. The van der Waals surface area contributed by atoms with Crippen molar-refractivity contribution in [3.8, 4) is 0 Å². The fraction of sp³-hybridized carbons (Fsp3) is 0.857. The maximum absolute atomic E-state index is 10.2. The van der Waals surface area contributed by atoms with Crippen LogP contribution in [0.1, 0.15) is 32.1 Å². The van der Waals surface area contributed by atoms with E-state index in [1.54, 1.807) is 0 Å². The van der Waals surface area contributed by atoms with Gasteiger partial charge in [0.1, 0.15) is 0 Å². The molecular weight excluding hydrogens is 156 g/mol. The van der Waals surface area contributed by atoms with Crippen molar-refractivity contribution >= 4 is 43.7 Å². The Bertz CT molecular complexity index is 108. The first-order chi connectivity index (χ1) is 4.30. The summed E-state index contributed by atoms with van der Waals surface area (Å²) in [7, 11) is 0. The number of carboxylic acid groups (broad SMARTS) is 1. The predicted molar refractivity (Wildman–Crippen MR) is 37.3 cm³/mol. The molecule has 10 heavy (non-hydrogen) atoms. The minimum absolute atomic E-state index is 0. The molecule has 52 valence electrons. The molecule has 0 aromatic heterocycles. The maximum Gasteiger partial charge on any atom is 2.00 e. The molecule has 0 amide bonds. The zero-order chi connectivity index (χ0) is 6.69. The molecule has 0 aromatic carbocycles. The van der Waals surface area contributed by atoms with Crippen LogP contribution in [-0.2, 0) is 4.79 Å². The van der Waals surface area contributed by atoms with Gasteiger partial charge in [0.15, 0.2) is 0 Å². The minimum atomic E-state index is -0.852. The Labute approximate surface area is 91.0 Å². The van der Waals surface area contributed by atoms with Crippen LogP contribution < -0.4 is 5.11 Å². The molecule has 0 saturated heterocycles. The molecule has 1 aliphatic rings. The molecule has 0 radical (unpaired) electrons. The summed E-state index contributed by atoms with van der Waals surface area (Å²) in [5, 5.41) is 10.2. The number of aliphatic carboxylic acids is 1. The molecule has 0 unspecified atom stereocenters. The van der Waals surface area contributed by atoms with Crippen molar-refractivity contribution in [2.75, 3.05) is 0 Å². The first kappa shape index (κ1) is 10.7. The van der Waals surface area contributed by atoms with E-state index in [9.17, 15) is 9.90 Å². The molecule has 0 aromatic rings. The Morgan fingerprint density at radius 1 is 1.20 bits per heavy atom. The van der Waals surface area contributed by atoms with Crippen molar-refractivity contribution in [1.29, 1.82) is 0 Å². The van der Waals surface area contributed by atoms with E-state index < -0.39 is 5.97 Å². The molecule has 1 rings (SSSR count). The van der Waals surface area contributed by atoms with Crippen molar-refractivity contribution in [3.05, 3.63) is 0 Å². The van der Waals surface area contributed by atoms with Gasteiger partial charge in [-0.1, -0.05) is 19.3 Å². The molecule has 0 N–H and O–H groups in total. The summed E-state index contributed by atoms with van der Waals surface area (Å²) in [6.07, 6.45) is 5.01. The molecule has 0 atom stereocenters. The summed E-state index contributed by atoms with van der Waals surface area (Å²) in [5.41, 5.74) is 0. The van der Waals surface area contributed by atoms with Gasteiger partial charge in [0.05, 0.1) is 0 Å². The number of carbonyl (C=O) groups excluding carboxylic acids is 1. The Morgan fingerprint density at radius 3 is 2.00 bits per heavy atom. The van der Waals surface area contributed by atoms with E-state index >= 15 is 0 Å².